The maximum atomic E-state index is 5.79. The average Bonchev–Trinajstić information content (AvgIpc) is 2.84. The van der Waals surface area contributed by atoms with E-state index in [1.54, 1.807) is 0 Å². The van der Waals surface area contributed by atoms with Crippen molar-refractivity contribution in [2.24, 2.45) is 5.73 Å². The minimum atomic E-state index is 0.702. The Balaban J connectivity index is 1.43. The van der Waals surface area contributed by atoms with Crippen molar-refractivity contribution in [2.75, 3.05) is 13.1 Å². The molecular weight excluding hydrogens is 380 g/mol. The zero-order valence-electron chi connectivity index (χ0n) is 17.7. The number of nitrogens with two attached hydrogens (primary N) is 1. The van der Waals surface area contributed by atoms with Crippen molar-refractivity contribution in [3.05, 3.63) is 108 Å². The molecule has 0 aliphatic carbocycles. The number of hydrogen-bond donors (Lipinski definition) is 1. The Morgan fingerprint density at radius 2 is 1.10 bits per heavy atom. The fourth-order valence-electron chi connectivity index (χ4n) is 3.67. The SMILES string of the molecule is NCCCN(Cc1ccc(-c2ccccn2)cc1)Cc1ccc(-c2ccccn2)cc1. The topological polar surface area (TPSA) is 55.0 Å². The first-order valence-electron chi connectivity index (χ1n) is 10.7. The van der Waals surface area contributed by atoms with Crippen molar-refractivity contribution in [3.8, 4) is 22.5 Å². The van der Waals surface area contributed by atoms with Gasteiger partial charge in [0.25, 0.3) is 0 Å². The van der Waals surface area contributed by atoms with Gasteiger partial charge in [-0.05, 0) is 48.4 Å². The first-order chi connectivity index (χ1) is 15.3. The van der Waals surface area contributed by atoms with Gasteiger partial charge < -0.3 is 5.73 Å². The summed E-state index contributed by atoms with van der Waals surface area (Å²) in [6.07, 6.45) is 4.64. The quantitative estimate of drug-likeness (QED) is 0.415. The van der Waals surface area contributed by atoms with Crippen molar-refractivity contribution in [2.45, 2.75) is 19.5 Å². The van der Waals surface area contributed by atoms with E-state index in [2.05, 4.69) is 63.4 Å². The molecule has 4 nitrogen and oxygen atoms in total. The van der Waals surface area contributed by atoms with Gasteiger partial charge in [-0.15, -0.1) is 0 Å². The Morgan fingerprint density at radius 3 is 1.48 bits per heavy atom. The van der Waals surface area contributed by atoms with E-state index >= 15 is 0 Å². The Labute approximate surface area is 184 Å². The maximum Gasteiger partial charge on any atom is 0.0701 e. The predicted molar refractivity (Wildman–Crippen MR) is 127 cm³/mol. The summed E-state index contributed by atoms with van der Waals surface area (Å²) >= 11 is 0. The molecule has 0 spiro atoms. The number of pyridine rings is 2. The van der Waals surface area contributed by atoms with Gasteiger partial charge in [-0.3, -0.25) is 14.9 Å². The van der Waals surface area contributed by atoms with Gasteiger partial charge in [-0.1, -0.05) is 60.7 Å². The van der Waals surface area contributed by atoms with Gasteiger partial charge in [0.15, 0.2) is 0 Å². The van der Waals surface area contributed by atoms with E-state index in [4.69, 9.17) is 5.73 Å². The molecule has 0 aliphatic rings. The van der Waals surface area contributed by atoms with Crippen LogP contribution in [0.1, 0.15) is 17.5 Å². The van der Waals surface area contributed by atoms with Gasteiger partial charge in [-0.25, -0.2) is 0 Å². The van der Waals surface area contributed by atoms with Crippen LogP contribution in [0.15, 0.2) is 97.3 Å². The van der Waals surface area contributed by atoms with Gasteiger partial charge in [0.2, 0.25) is 0 Å². The average molecular weight is 409 g/mol. The van der Waals surface area contributed by atoms with Crippen LogP contribution in [0.2, 0.25) is 0 Å². The molecule has 0 radical (unpaired) electrons. The van der Waals surface area contributed by atoms with Crippen LogP contribution in [0.25, 0.3) is 22.5 Å². The highest BCUT2D eigenvalue weighted by Crippen LogP contribution is 2.20. The zero-order valence-corrected chi connectivity index (χ0v) is 17.7. The second-order valence-corrected chi connectivity index (χ2v) is 7.68. The van der Waals surface area contributed by atoms with Crippen molar-refractivity contribution in [1.82, 2.24) is 14.9 Å². The largest absolute Gasteiger partial charge is 0.330 e. The fraction of sp³-hybridized carbons (Fsp3) is 0.185. The molecule has 156 valence electrons. The van der Waals surface area contributed by atoms with E-state index in [9.17, 15) is 0 Å². The number of benzene rings is 2. The van der Waals surface area contributed by atoms with Gasteiger partial charge in [0.05, 0.1) is 11.4 Å². The second kappa shape index (κ2) is 10.6. The van der Waals surface area contributed by atoms with E-state index in [0.717, 1.165) is 48.6 Å². The highest BCUT2D eigenvalue weighted by molar-refractivity contribution is 5.59. The lowest BCUT2D eigenvalue weighted by Gasteiger charge is -2.22. The third-order valence-corrected chi connectivity index (χ3v) is 5.32. The molecule has 0 amide bonds. The van der Waals surface area contributed by atoms with Crippen LogP contribution in [0.5, 0.6) is 0 Å². The molecule has 2 aromatic heterocycles. The molecule has 4 heteroatoms. The minimum Gasteiger partial charge on any atom is -0.330 e. The lowest BCUT2D eigenvalue weighted by atomic mass is 10.1. The molecule has 31 heavy (non-hydrogen) atoms. The van der Waals surface area contributed by atoms with Crippen LogP contribution in [-0.4, -0.2) is 28.0 Å². The van der Waals surface area contributed by atoms with Crippen LogP contribution in [0, 0.1) is 0 Å². The van der Waals surface area contributed by atoms with Crippen molar-refractivity contribution in [1.29, 1.82) is 0 Å². The van der Waals surface area contributed by atoms with Crippen LogP contribution in [0.3, 0.4) is 0 Å². The monoisotopic (exact) mass is 408 g/mol. The summed E-state index contributed by atoms with van der Waals surface area (Å²) in [5, 5.41) is 0. The number of hydrogen-bond acceptors (Lipinski definition) is 4. The molecule has 2 N–H and O–H groups in total. The normalized spacial score (nSPS) is 11.0. The van der Waals surface area contributed by atoms with Crippen molar-refractivity contribution < 1.29 is 0 Å². The molecule has 2 aromatic carbocycles. The van der Waals surface area contributed by atoms with Crippen LogP contribution < -0.4 is 5.73 Å². The summed E-state index contributed by atoms with van der Waals surface area (Å²) in [4.78, 5) is 11.3. The molecule has 4 rings (SSSR count). The van der Waals surface area contributed by atoms with Crippen LogP contribution in [-0.2, 0) is 13.1 Å². The van der Waals surface area contributed by atoms with Gasteiger partial charge in [0.1, 0.15) is 0 Å². The third-order valence-electron chi connectivity index (χ3n) is 5.32. The number of rotatable bonds is 9. The molecule has 0 bridgehead atoms. The smallest absolute Gasteiger partial charge is 0.0701 e. The first-order valence-corrected chi connectivity index (χ1v) is 10.7. The lowest BCUT2D eigenvalue weighted by molar-refractivity contribution is 0.255. The van der Waals surface area contributed by atoms with E-state index in [-0.39, 0.29) is 0 Å². The number of nitrogens with zero attached hydrogens (tertiary/aromatic N) is 3. The highest BCUT2D eigenvalue weighted by Gasteiger charge is 2.08. The molecule has 0 aliphatic heterocycles. The Hall–Kier alpha value is -3.34. The Kier molecular flexibility index (Phi) is 7.16. The zero-order chi connectivity index (χ0) is 21.3. The Morgan fingerprint density at radius 1 is 0.613 bits per heavy atom. The first kappa shape index (κ1) is 20.9. The third kappa shape index (κ3) is 5.85. The summed E-state index contributed by atoms with van der Waals surface area (Å²) in [7, 11) is 0. The van der Waals surface area contributed by atoms with Crippen LogP contribution in [0.4, 0.5) is 0 Å². The predicted octanol–water partition coefficient (Wildman–Crippen LogP) is 5.16. The molecular formula is C27H28N4. The summed E-state index contributed by atoms with van der Waals surface area (Å²) in [6.45, 7) is 3.46. The molecule has 4 aromatic rings. The summed E-state index contributed by atoms with van der Waals surface area (Å²) < 4.78 is 0. The molecule has 0 saturated heterocycles. The number of aromatic nitrogens is 2. The van der Waals surface area contributed by atoms with E-state index in [0.29, 0.717) is 6.54 Å². The molecule has 0 unspecified atom stereocenters. The molecule has 0 atom stereocenters. The van der Waals surface area contributed by atoms with E-state index in [1.165, 1.54) is 11.1 Å². The van der Waals surface area contributed by atoms with Gasteiger partial charge in [-0.2, -0.15) is 0 Å². The standard InChI is InChI=1S/C27H28N4/c28-16-5-19-31(20-22-8-12-24(13-9-22)26-6-1-3-17-29-26)21-23-10-14-25(15-11-23)27-7-2-4-18-30-27/h1-4,6-15,17-18H,5,16,19-21,28H2. The van der Waals surface area contributed by atoms with Crippen LogP contribution >= 0.6 is 0 Å². The fourth-order valence-corrected chi connectivity index (χ4v) is 3.67. The summed E-state index contributed by atoms with van der Waals surface area (Å²) in [6, 6.07) is 29.4. The maximum absolute atomic E-state index is 5.79. The summed E-state index contributed by atoms with van der Waals surface area (Å²) in [5.41, 5.74) is 12.7. The highest BCUT2D eigenvalue weighted by atomic mass is 15.1. The van der Waals surface area contributed by atoms with E-state index < -0.39 is 0 Å². The summed E-state index contributed by atoms with van der Waals surface area (Å²) in [5.74, 6) is 0. The van der Waals surface area contributed by atoms with E-state index in [1.807, 2.05) is 48.8 Å². The van der Waals surface area contributed by atoms with Gasteiger partial charge in [0, 0.05) is 43.2 Å². The molecule has 2 heterocycles. The molecule has 0 saturated carbocycles. The van der Waals surface area contributed by atoms with Crippen molar-refractivity contribution in [3.63, 3.8) is 0 Å². The van der Waals surface area contributed by atoms with Crippen molar-refractivity contribution >= 4 is 0 Å². The lowest BCUT2D eigenvalue weighted by Crippen LogP contribution is -2.25. The molecule has 0 fully saturated rings. The van der Waals surface area contributed by atoms with Gasteiger partial charge >= 0.3 is 0 Å². The Bertz CT molecular complexity index is 961. The minimum absolute atomic E-state index is 0.702. The second-order valence-electron chi connectivity index (χ2n) is 7.68.